The summed E-state index contributed by atoms with van der Waals surface area (Å²) in [5, 5.41) is 18.2. The largest absolute Gasteiger partial charge is 0.480 e. The minimum atomic E-state index is 0.525. The Kier molecular flexibility index (Phi) is 3.75. The average molecular weight is 371 g/mol. The molecule has 138 valence electrons. The van der Waals surface area contributed by atoms with Crippen LogP contribution in [0, 0.1) is 0 Å². The number of hydrogen-bond donors (Lipinski definition) is 0. The van der Waals surface area contributed by atoms with Crippen LogP contribution >= 0.6 is 0 Å². The molecule has 0 saturated carbocycles. The van der Waals surface area contributed by atoms with Gasteiger partial charge in [0, 0.05) is 48.4 Å². The van der Waals surface area contributed by atoms with Crippen LogP contribution in [0.2, 0.25) is 0 Å². The van der Waals surface area contributed by atoms with Gasteiger partial charge in [0.2, 0.25) is 5.88 Å². The molecule has 0 saturated heterocycles. The zero-order chi connectivity index (χ0) is 19.1. The fraction of sp³-hybridized carbons (Fsp3) is 0.150. The number of aromatic nitrogens is 7. The molecule has 0 atom stereocenters. The lowest BCUT2D eigenvalue weighted by Gasteiger charge is -2.05. The number of hydrogen-bond acceptors (Lipinski definition) is 6. The van der Waals surface area contributed by atoms with Crippen LogP contribution in [-0.4, -0.2) is 41.7 Å². The molecule has 8 nitrogen and oxygen atoms in total. The van der Waals surface area contributed by atoms with Crippen LogP contribution < -0.4 is 4.74 Å². The van der Waals surface area contributed by atoms with E-state index in [1.54, 1.807) is 22.4 Å². The van der Waals surface area contributed by atoms with Gasteiger partial charge in [-0.3, -0.25) is 9.67 Å². The highest BCUT2D eigenvalue weighted by Crippen LogP contribution is 2.23. The van der Waals surface area contributed by atoms with Gasteiger partial charge in [-0.25, -0.2) is 0 Å². The van der Waals surface area contributed by atoms with Crippen molar-refractivity contribution in [3.05, 3.63) is 66.4 Å². The lowest BCUT2D eigenvalue weighted by atomic mass is 10.0. The molecular weight excluding hydrogens is 354 g/mol. The van der Waals surface area contributed by atoms with Crippen molar-refractivity contribution in [2.45, 2.75) is 6.42 Å². The van der Waals surface area contributed by atoms with E-state index in [0.717, 1.165) is 33.4 Å². The molecule has 0 spiro atoms. The molecule has 0 radical (unpaired) electrons. The number of benzene rings is 1. The van der Waals surface area contributed by atoms with E-state index in [2.05, 4.69) is 43.6 Å². The summed E-state index contributed by atoms with van der Waals surface area (Å²) in [4.78, 5) is 4.58. The van der Waals surface area contributed by atoms with E-state index in [1.165, 1.54) is 0 Å². The Hall–Kier alpha value is -3.81. The van der Waals surface area contributed by atoms with Crippen LogP contribution in [0.3, 0.4) is 0 Å². The Morgan fingerprint density at radius 1 is 1.00 bits per heavy atom. The van der Waals surface area contributed by atoms with Gasteiger partial charge >= 0.3 is 0 Å². The second-order valence-electron chi connectivity index (χ2n) is 6.59. The fourth-order valence-electron chi connectivity index (χ4n) is 3.24. The summed E-state index contributed by atoms with van der Waals surface area (Å²) in [6.45, 7) is 0. The molecule has 5 rings (SSSR count). The van der Waals surface area contributed by atoms with Gasteiger partial charge in [-0.05, 0) is 29.8 Å². The molecule has 5 aromatic rings. The third kappa shape index (κ3) is 2.84. The van der Waals surface area contributed by atoms with Crippen molar-refractivity contribution in [1.29, 1.82) is 0 Å². The van der Waals surface area contributed by atoms with E-state index in [9.17, 15) is 0 Å². The number of aryl methyl sites for hydroxylation is 1. The van der Waals surface area contributed by atoms with Crippen molar-refractivity contribution < 1.29 is 4.74 Å². The molecule has 0 N–H and O–H groups in total. The molecule has 0 unspecified atom stereocenters. The first-order chi connectivity index (χ1) is 13.7. The minimum absolute atomic E-state index is 0.525. The van der Waals surface area contributed by atoms with Crippen LogP contribution in [0.25, 0.3) is 27.7 Å². The van der Waals surface area contributed by atoms with E-state index in [-0.39, 0.29) is 0 Å². The van der Waals surface area contributed by atoms with Crippen molar-refractivity contribution in [3.8, 4) is 17.0 Å². The lowest BCUT2D eigenvalue weighted by molar-refractivity contribution is 0.389. The monoisotopic (exact) mass is 371 g/mol. The maximum atomic E-state index is 5.21. The highest BCUT2D eigenvalue weighted by molar-refractivity contribution is 5.84. The number of rotatable bonds is 4. The quantitative estimate of drug-likeness (QED) is 0.483. The van der Waals surface area contributed by atoms with Crippen molar-refractivity contribution in [1.82, 2.24) is 34.6 Å². The van der Waals surface area contributed by atoms with E-state index in [0.29, 0.717) is 17.9 Å². The van der Waals surface area contributed by atoms with Gasteiger partial charge in [-0.2, -0.15) is 9.61 Å². The second kappa shape index (κ2) is 6.41. The van der Waals surface area contributed by atoms with Crippen LogP contribution in [-0.2, 0) is 13.5 Å². The third-order valence-electron chi connectivity index (χ3n) is 4.66. The SMILES string of the molecule is COc1ccc2nnc(Cc3ccc4ncc(-c5cnn(C)c5)cc4c3)n2n1. The number of fused-ring (bicyclic) bond motifs is 2. The zero-order valence-electron chi connectivity index (χ0n) is 15.4. The molecule has 4 heterocycles. The lowest BCUT2D eigenvalue weighted by Crippen LogP contribution is -2.01. The Morgan fingerprint density at radius 3 is 2.75 bits per heavy atom. The highest BCUT2D eigenvalue weighted by atomic mass is 16.5. The number of ether oxygens (including phenoxy) is 1. The van der Waals surface area contributed by atoms with E-state index >= 15 is 0 Å². The molecule has 0 bridgehead atoms. The number of nitrogens with zero attached hydrogens (tertiary/aromatic N) is 7. The van der Waals surface area contributed by atoms with Crippen molar-refractivity contribution in [2.75, 3.05) is 7.11 Å². The minimum Gasteiger partial charge on any atom is -0.480 e. The first kappa shape index (κ1) is 16.4. The van der Waals surface area contributed by atoms with Crippen LogP contribution in [0.4, 0.5) is 0 Å². The smallest absolute Gasteiger partial charge is 0.231 e. The van der Waals surface area contributed by atoms with E-state index in [1.807, 2.05) is 37.8 Å². The maximum absolute atomic E-state index is 5.21. The molecule has 28 heavy (non-hydrogen) atoms. The molecular formula is C20H17N7O. The summed E-state index contributed by atoms with van der Waals surface area (Å²) in [7, 11) is 3.50. The number of methoxy groups -OCH3 is 1. The number of pyridine rings is 1. The molecule has 0 aliphatic heterocycles. The summed E-state index contributed by atoms with van der Waals surface area (Å²) in [5.41, 5.74) is 4.83. The Balaban J connectivity index is 1.52. The van der Waals surface area contributed by atoms with Crippen LogP contribution in [0.5, 0.6) is 5.88 Å². The Bertz CT molecular complexity index is 1300. The molecule has 0 aliphatic carbocycles. The summed E-state index contributed by atoms with van der Waals surface area (Å²) in [6, 6.07) is 12.0. The van der Waals surface area contributed by atoms with Gasteiger partial charge in [-0.1, -0.05) is 6.07 Å². The van der Waals surface area contributed by atoms with Crippen molar-refractivity contribution in [2.24, 2.45) is 7.05 Å². The van der Waals surface area contributed by atoms with E-state index < -0.39 is 0 Å². The standard InChI is InChI=1S/C20H17N7O/c1-26-12-16(11-22-26)15-9-14-7-13(3-4-17(14)21-10-15)8-19-24-23-18-5-6-20(28-2)25-27(18)19/h3-7,9-12H,8H2,1-2H3. The topological polar surface area (TPSA) is 83.0 Å². The maximum Gasteiger partial charge on any atom is 0.231 e. The first-order valence-electron chi connectivity index (χ1n) is 8.83. The molecule has 0 fully saturated rings. The third-order valence-corrected chi connectivity index (χ3v) is 4.66. The van der Waals surface area contributed by atoms with Gasteiger partial charge in [0.1, 0.15) is 0 Å². The van der Waals surface area contributed by atoms with Gasteiger partial charge in [-0.15, -0.1) is 15.3 Å². The van der Waals surface area contributed by atoms with Gasteiger partial charge in [0.05, 0.1) is 18.8 Å². The summed E-state index contributed by atoms with van der Waals surface area (Å²) < 4.78 is 8.71. The Morgan fingerprint density at radius 2 is 1.93 bits per heavy atom. The average Bonchev–Trinajstić information content (AvgIpc) is 3.33. The summed E-state index contributed by atoms with van der Waals surface area (Å²) in [6.07, 6.45) is 6.30. The fourth-order valence-corrected chi connectivity index (χ4v) is 3.24. The van der Waals surface area contributed by atoms with E-state index in [4.69, 9.17) is 4.74 Å². The highest BCUT2D eigenvalue weighted by Gasteiger charge is 2.10. The predicted octanol–water partition coefficient (Wildman–Crippen LogP) is 2.67. The summed E-state index contributed by atoms with van der Waals surface area (Å²) in [5.74, 6) is 1.28. The van der Waals surface area contributed by atoms with Gasteiger partial charge in [0.25, 0.3) is 0 Å². The molecule has 1 aromatic carbocycles. The van der Waals surface area contributed by atoms with Crippen LogP contribution in [0.1, 0.15) is 11.4 Å². The molecule has 0 amide bonds. The Labute approximate surface area is 160 Å². The first-order valence-corrected chi connectivity index (χ1v) is 8.83. The van der Waals surface area contributed by atoms with Gasteiger partial charge in [0.15, 0.2) is 11.5 Å². The molecule has 0 aliphatic rings. The van der Waals surface area contributed by atoms with Gasteiger partial charge < -0.3 is 4.74 Å². The zero-order valence-corrected chi connectivity index (χ0v) is 15.4. The summed E-state index contributed by atoms with van der Waals surface area (Å²) >= 11 is 0. The predicted molar refractivity (Wildman–Crippen MR) is 104 cm³/mol. The van der Waals surface area contributed by atoms with Crippen LogP contribution in [0.15, 0.2) is 55.0 Å². The molecule has 8 heteroatoms. The van der Waals surface area contributed by atoms with Crippen molar-refractivity contribution in [3.63, 3.8) is 0 Å². The normalized spacial score (nSPS) is 11.4. The van der Waals surface area contributed by atoms with Crippen molar-refractivity contribution >= 4 is 16.6 Å². The second-order valence-corrected chi connectivity index (χ2v) is 6.59. The molecule has 4 aromatic heterocycles.